The second-order valence-electron chi connectivity index (χ2n) is 5.88. The highest BCUT2D eigenvalue weighted by Gasteiger charge is 2.51. The zero-order valence-electron chi connectivity index (χ0n) is 12.1. The lowest BCUT2D eigenvalue weighted by atomic mass is 9.82. The van der Waals surface area contributed by atoms with Gasteiger partial charge in [-0.2, -0.15) is 0 Å². The summed E-state index contributed by atoms with van der Waals surface area (Å²) in [5.74, 6) is -0.0134. The molecular weight excluding hydrogens is 242 g/mol. The second-order valence-corrected chi connectivity index (χ2v) is 5.88. The standard InChI is InChI=1S/C14H25N3O2/c1-3-4-10-16(2)11-17-12(18)14(15-13(17)19)8-6-5-7-9-14/h3-11H2,1-2H3,(H,15,19). The van der Waals surface area contributed by atoms with E-state index in [9.17, 15) is 9.59 Å². The molecular formula is C14H25N3O2. The number of unbranched alkanes of at least 4 members (excludes halogenated alkanes) is 1. The number of hydrogen-bond donors (Lipinski definition) is 1. The Morgan fingerprint density at radius 2 is 1.95 bits per heavy atom. The maximum absolute atomic E-state index is 12.5. The number of carbonyl (C=O) groups is 2. The fourth-order valence-corrected chi connectivity index (χ4v) is 3.04. The fourth-order valence-electron chi connectivity index (χ4n) is 3.04. The molecule has 0 bridgehead atoms. The summed E-state index contributed by atoms with van der Waals surface area (Å²) in [4.78, 5) is 28.0. The van der Waals surface area contributed by atoms with Crippen molar-refractivity contribution >= 4 is 11.9 Å². The van der Waals surface area contributed by atoms with Crippen molar-refractivity contribution in [3.05, 3.63) is 0 Å². The molecule has 1 aliphatic carbocycles. The number of carbonyl (C=O) groups excluding carboxylic acids is 2. The van der Waals surface area contributed by atoms with Crippen molar-refractivity contribution in [1.29, 1.82) is 0 Å². The molecule has 2 aliphatic rings. The number of nitrogens with one attached hydrogen (secondary N) is 1. The first kappa shape index (κ1) is 14.3. The van der Waals surface area contributed by atoms with E-state index in [-0.39, 0.29) is 11.9 Å². The van der Waals surface area contributed by atoms with Crippen molar-refractivity contribution in [2.75, 3.05) is 20.3 Å². The number of hydrogen-bond acceptors (Lipinski definition) is 3. The molecule has 1 saturated carbocycles. The monoisotopic (exact) mass is 267 g/mol. The number of nitrogens with zero attached hydrogens (tertiary/aromatic N) is 2. The lowest BCUT2D eigenvalue weighted by molar-refractivity contribution is -0.133. The lowest BCUT2D eigenvalue weighted by Crippen LogP contribution is -2.49. The first-order chi connectivity index (χ1) is 9.09. The van der Waals surface area contributed by atoms with Crippen molar-refractivity contribution in [3.8, 4) is 0 Å². The summed E-state index contributed by atoms with van der Waals surface area (Å²) in [5, 5.41) is 2.94. The Balaban J connectivity index is 1.98. The van der Waals surface area contributed by atoms with Crippen molar-refractivity contribution in [1.82, 2.24) is 15.1 Å². The van der Waals surface area contributed by atoms with E-state index in [2.05, 4.69) is 12.2 Å². The topological polar surface area (TPSA) is 52.6 Å². The van der Waals surface area contributed by atoms with Gasteiger partial charge in [0, 0.05) is 0 Å². The van der Waals surface area contributed by atoms with Crippen LogP contribution >= 0.6 is 0 Å². The average molecular weight is 267 g/mol. The van der Waals surface area contributed by atoms with Crippen LogP contribution in [-0.4, -0.2) is 47.5 Å². The maximum Gasteiger partial charge on any atom is 0.326 e. The molecule has 19 heavy (non-hydrogen) atoms. The minimum absolute atomic E-state index is 0.0134. The Morgan fingerprint density at radius 1 is 1.26 bits per heavy atom. The highest BCUT2D eigenvalue weighted by atomic mass is 16.2. The van der Waals surface area contributed by atoms with Crippen LogP contribution in [0, 0.1) is 0 Å². The summed E-state index contributed by atoms with van der Waals surface area (Å²) in [6.45, 7) is 3.46. The largest absolute Gasteiger partial charge is 0.326 e. The Labute approximate surface area is 115 Å². The predicted octanol–water partition coefficient (Wildman–Crippen LogP) is 1.93. The van der Waals surface area contributed by atoms with Gasteiger partial charge in [-0.15, -0.1) is 0 Å². The van der Waals surface area contributed by atoms with E-state index in [4.69, 9.17) is 0 Å². The van der Waals surface area contributed by atoms with E-state index in [1.807, 2.05) is 11.9 Å². The molecule has 1 spiro atoms. The van der Waals surface area contributed by atoms with E-state index in [1.54, 1.807) is 0 Å². The molecule has 0 aromatic heterocycles. The molecule has 108 valence electrons. The first-order valence-corrected chi connectivity index (χ1v) is 7.42. The third-order valence-electron chi connectivity index (χ3n) is 4.23. The van der Waals surface area contributed by atoms with Crippen LogP contribution in [0.15, 0.2) is 0 Å². The third kappa shape index (κ3) is 2.91. The van der Waals surface area contributed by atoms with Crippen molar-refractivity contribution in [2.45, 2.75) is 57.4 Å². The van der Waals surface area contributed by atoms with Gasteiger partial charge in [0.15, 0.2) is 0 Å². The summed E-state index contributed by atoms with van der Waals surface area (Å²) in [5.41, 5.74) is -0.582. The van der Waals surface area contributed by atoms with Crippen molar-refractivity contribution in [3.63, 3.8) is 0 Å². The summed E-state index contributed by atoms with van der Waals surface area (Å²) in [6, 6.07) is -0.213. The molecule has 2 rings (SSSR count). The number of imide groups is 1. The Morgan fingerprint density at radius 3 is 2.58 bits per heavy atom. The van der Waals surface area contributed by atoms with Crippen LogP contribution in [0.3, 0.4) is 0 Å². The minimum atomic E-state index is -0.582. The minimum Gasteiger partial charge on any atom is -0.323 e. The average Bonchev–Trinajstić information content (AvgIpc) is 2.62. The van der Waals surface area contributed by atoms with Gasteiger partial charge in [0.05, 0.1) is 6.67 Å². The van der Waals surface area contributed by atoms with Gasteiger partial charge in [-0.25, -0.2) is 9.69 Å². The Kier molecular flexibility index (Phi) is 4.45. The molecule has 5 nitrogen and oxygen atoms in total. The highest BCUT2D eigenvalue weighted by Crippen LogP contribution is 2.33. The highest BCUT2D eigenvalue weighted by molar-refractivity contribution is 6.07. The number of rotatable bonds is 5. The van der Waals surface area contributed by atoms with Gasteiger partial charge in [-0.1, -0.05) is 32.6 Å². The van der Waals surface area contributed by atoms with E-state index in [0.29, 0.717) is 6.67 Å². The van der Waals surface area contributed by atoms with Crippen molar-refractivity contribution in [2.24, 2.45) is 0 Å². The Bertz CT molecular complexity index is 351. The van der Waals surface area contributed by atoms with Gasteiger partial charge in [0.1, 0.15) is 5.54 Å². The van der Waals surface area contributed by atoms with Crippen LogP contribution in [0.25, 0.3) is 0 Å². The third-order valence-corrected chi connectivity index (χ3v) is 4.23. The van der Waals surface area contributed by atoms with E-state index < -0.39 is 5.54 Å². The van der Waals surface area contributed by atoms with Crippen LogP contribution in [0.2, 0.25) is 0 Å². The van der Waals surface area contributed by atoms with Gasteiger partial charge in [0.2, 0.25) is 0 Å². The fraction of sp³-hybridized carbons (Fsp3) is 0.857. The zero-order chi connectivity index (χ0) is 13.9. The van der Waals surface area contributed by atoms with Crippen LogP contribution in [0.5, 0.6) is 0 Å². The summed E-state index contributed by atoms with van der Waals surface area (Å²) in [7, 11) is 1.96. The SMILES string of the molecule is CCCCN(C)CN1C(=O)NC2(CCCCC2)C1=O. The number of amides is 3. The molecule has 0 atom stereocenters. The molecule has 1 saturated heterocycles. The van der Waals surface area contributed by atoms with Crippen LogP contribution in [0.4, 0.5) is 4.79 Å². The van der Waals surface area contributed by atoms with Gasteiger partial charge in [0.25, 0.3) is 5.91 Å². The van der Waals surface area contributed by atoms with Gasteiger partial charge < -0.3 is 5.32 Å². The quantitative estimate of drug-likeness (QED) is 0.774. The smallest absolute Gasteiger partial charge is 0.323 e. The molecule has 5 heteroatoms. The summed E-state index contributed by atoms with van der Waals surface area (Å²) in [6.07, 6.45) is 7.04. The van der Waals surface area contributed by atoms with Gasteiger partial charge >= 0.3 is 6.03 Å². The van der Waals surface area contributed by atoms with Crippen molar-refractivity contribution < 1.29 is 9.59 Å². The van der Waals surface area contributed by atoms with Crippen LogP contribution < -0.4 is 5.32 Å². The molecule has 0 aromatic rings. The molecule has 0 aromatic carbocycles. The van der Waals surface area contributed by atoms with Gasteiger partial charge in [-0.05, 0) is 32.9 Å². The molecule has 1 N–H and O–H groups in total. The molecule has 3 amide bonds. The molecule has 0 radical (unpaired) electrons. The molecule has 0 unspecified atom stereocenters. The maximum atomic E-state index is 12.5. The van der Waals surface area contributed by atoms with Crippen LogP contribution in [-0.2, 0) is 4.79 Å². The zero-order valence-corrected chi connectivity index (χ0v) is 12.1. The lowest BCUT2D eigenvalue weighted by Gasteiger charge is -2.31. The normalized spacial score (nSPS) is 22.4. The first-order valence-electron chi connectivity index (χ1n) is 7.42. The van der Waals surface area contributed by atoms with E-state index in [1.165, 1.54) is 11.3 Å². The summed E-state index contributed by atoms with van der Waals surface area (Å²) >= 11 is 0. The van der Waals surface area contributed by atoms with Gasteiger partial charge in [-0.3, -0.25) is 9.69 Å². The number of urea groups is 1. The second kappa shape index (κ2) is 5.90. The van der Waals surface area contributed by atoms with E-state index in [0.717, 1.165) is 45.1 Å². The molecule has 1 aliphatic heterocycles. The predicted molar refractivity (Wildman–Crippen MR) is 73.6 cm³/mol. The van der Waals surface area contributed by atoms with E-state index >= 15 is 0 Å². The Hall–Kier alpha value is -1.10. The molecule has 2 fully saturated rings. The molecule has 1 heterocycles. The van der Waals surface area contributed by atoms with Crippen LogP contribution in [0.1, 0.15) is 51.9 Å². The summed E-state index contributed by atoms with van der Waals surface area (Å²) < 4.78 is 0.